The molecular weight excluding hydrogens is 267 g/mol. The molecule has 0 radical (unpaired) electrons. The van der Waals surface area contributed by atoms with Gasteiger partial charge >= 0.3 is 0 Å². The Morgan fingerprint density at radius 1 is 1.50 bits per heavy atom. The number of fused-ring (bicyclic) bond motifs is 1. The third-order valence-electron chi connectivity index (χ3n) is 1.64. The Kier molecular flexibility index (Phi) is 1.92. The molecule has 1 aromatic heterocycles. The molecule has 0 fully saturated rings. The number of benzene rings is 1. The van der Waals surface area contributed by atoms with Crippen LogP contribution in [0.15, 0.2) is 18.2 Å². The largest absolute Gasteiger partial charge is 0.468 e. The van der Waals surface area contributed by atoms with Crippen LogP contribution in [0.4, 0.5) is 0 Å². The summed E-state index contributed by atoms with van der Waals surface area (Å²) in [6.07, 6.45) is 0. The van der Waals surface area contributed by atoms with Crippen LogP contribution in [0.3, 0.4) is 0 Å². The van der Waals surface area contributed by atoms with Crippen LogP contribution in [0.5, 0.6) is 6.01 Å². The third kappa shape index (κ3) is 1.16. The second kappa shape index (κ2) is 2.93. The Bertz CT molecular complexity index is 410. The highest BCUT2D eigenvalue weighted by atomic mass is 127. The highest BCUT2D eigenvalue weighted by molar-refractivity contribution is 14.1. The molecule has 0 saturated carbocycles. The Morgan fingerprint density at radius 3 is 3.00 bits per heavy atom. The maximum absolute atomic E-state index is 4.98. The SMILES string of the molecule is COc1nc2c(I)cccc2[nH]1. The number of nitrogens with one attached hydrogen (secondary N) is 1. The van der Waals surface area contributed by atoms with E-state index in [1.807, 2.05) is 18.2 Å². The van der Waals surface area contributed by atoms with E-state index >= 15 is 0 Å². The summed E-state index contributed by atoms with van der Waals surface area (Å²) in [6, 6.07) is 6.55. The second-order valence-electron chi connectivity index (χ2n) is 2.38. The quantitative estimate of drug-likeness (QED) is 0.809. The molecule has 0 atom stereocenters. The van der Waals surface area contributed by atoms with Gasteiger partial charge in [0.2, 0.25) is 0 Å². The molecule has 4 heteroatoms. The minimum absolute atomic E-state index is 0.564. The molecule has 0 aliphatic rings. The molecule has 2 aromatic rings. The first-order chi connectivity index (χ1) is 5.81. The smallest absolute Gasteiger partial charge is 0.294 e. The van der Waals surface area contributed by atoms with Crippen molar-refractivity contribution in [1.82, 2.24) is 9.97 Å². The Balaban J connectivity index is 2.74. The molecule has 0 aliphatic heterocycles. The predicted octanol–water partition coefficient (Wildman–Crippen LogP) is 2.18. The maximum atomic E-state index is 4.98. The van der Waals surface area contributed by atoms with Crippen molar-refractivity contribution in [3.8, 4) is 6.01 Å². The number of rotatable bonds is 1. The molecule has 0 unspecified atom stereocenters. The number of imidazole rings is 1. The van der Waals surface area contributed by atoms with Gasteiger partial charge in [0.05, 0.1) is 12.6 Å². The van der Waals surface area contributed by atoms with Crippen molar-refractivity contribution in [3.63, 3.8) is 0 Å². The van der Waals surface area contributed by atoms with Gasteiger partial charge in [0.1, 0.15) is 5.52 Å². The maximum Gasteiger partial charge on any atom is 0.294 e. The Labute approximate surface area is 83.3 Å². The van der Waals surface area contributed by atoms with Gasteiger partial charge < -0.3 is 9.72 Å². The topological polar surface area (TPSA) is 37.9 Å². The van der Waals surface area contributed by atoms with Gasteiger partial charge in [-0.1, -0.05) is 6.07 Å². The first kappa shape index (κ1) is 7.85. The summed E-state index contributed by atoms with van der Waals surface area (Å²) < 4.78 is 6.11. The van der Waals surface area contributed by atoms with Crippen LogP contribution in [0.2, 0.25) is 0 Å². The zero-order valence-electron chi connectivity index (χ0n) is 6.47. The van der Waals surface area contributed by atoms with E-state index in [9.17, 15) is 0 Å². The molecule has 1 N–H and O–H groups in total. The summed E-state index contributed by atoms with van der Waals surface area (Å²) in [5, 5.41) is 0. The van der Waals surface area contributed by atoms with E-state index < -0.39 is 0 Å². The van der Waals surface area contributed by atoms with Crippen molar-refractivity contribution >= 4 is 33.6 Å². The van der Waals surface area contributed by atoms with E-state index in [2.05, 4.69) is 32.6 Å². The minimum Gasteiger partial charge on any atom is -0.468 e. The van der Waals surface area contributed by atoms with Crippen LogP contribution in [0.25, 0.3) is 11.0 Å². The standard InChI is InChI=1S/C8H7IN2O/c1-12-8-10-6-4-2-3-5(9)7(6)11-8/h2-4H,1H3,(H,10,11). The van der Waals surface area contributed by atoms with Crippen LogP contribution >= 0.6 is 22.6 Å². The number of H-pyrrole nitrogens is 1. The first-order valence-electron chi connectivity index (χ1n) is 3.49. The molecule has 0 amide bonds. The molecule has 0 saturated heterocycles. The Hall–Kier alpha value is -0.780. The highest BCUT2D eigenvalue weighted by Gasteiger charge is 2.03. The predicted molar refractivity (Wildman–Crippen MR) is 55.4 cm³/mol. The Morgan fingerprint density at radius 2 is 2.33 bits per heavy atom. The van der Waals surface area contributed by atoms with Crippen molar-refractivity contribution < 1.29 is 4.74 Å². The third-order valence-corrected chi connectivity index (χ3v) is 2.51. The molecule has 0 spiro atoms. The number of aromatic amines is 1. The van der Waals surface area contributed by atoms with E-state index in [4.69, 9.17) is 4.74 Å². The number of hydrogen-bond acceptors (Lipinski definition) is 2. The highest BCUT2D eigenvalue weighted by Crippen LogP contribution is 2.20. The molecular formula is C8H7IN2O. The van der Waals surface area contributed by atoms with Crippen molar-refractivity contribution in [2.24, 2.45) is 0 Å². The van der Waals surface area contributed by atoms with Crippen LogP contribution in [-0.4, -0.2) is 17.1 Å². The number of hydrogen-bond donors (Lipinski definition) is 1. The van der Waals surface area contributed by atoms with Gasteiger partial charge in [0.25, 0.3) is 6.01 Å². The fourth-order valence-corrected chi connectivity index (χ4v) is 1.69. The average Bonchev–Trinajstić information content (AvgIpc) is 2.49. The van der Waals surface area contributed by atoms with Gasteiger partial charge in [0, 0.05) is 3.57 Å². The minimum atomic E-state index is 0.564. The summed E-state index contributed by atoms with van der Waals surface area (Å²) >= 11 is 2.25. The van der Waals surface area contributed by atoms with Gasteiger partial charge in [0.15, 0.2) is 0 Å². The number of aromatic nitrogens is 2. The van der Waals surface area contributed by atoms with E-state index in [1.54, 1.807) is 7.11 Å². The molecule has 12 heavy (non-hydrogen) atoms. The van der Waals surface area contributed by atoms with Crippen LogP contribution in [-0.2, 0) is 0 Å². The summed E-state index contributed by atoms with van der Waals surface area (Å²) in [6.45, 7) is 0. The average molecular weight is 274 g/mol. The van der Waals surface area contributed by atoms with Crippen molar-refractivity contribution in [3.05, 3.63) is 21.8 Å². The molecule has 2 rings (SSSR count). The van der Waals surface area contributed by atoms with Crippen LogP contribution in [0.1, 0.15) is 0 Å². The van der Waals surface area contributed by atoms with Crippen molar-refractivity contribution in [2.75, 3.05) is 7.11 Å². The lowest BCUT2D eigenvalue weighted by Gasteiger charge is -1.88. The molecule has 0 aliphatic carbocycles. The number of nitrogens with zero attached hydrogens (tertiary/aromatic N) is 1. The van der Waals surface area contributed by atoms with Gasteiger partial charge in [-0.05, 0) is 34.7 Å². The van der Waals surface area contributed by atoms with Gasteiger partial charge in [-0.3, -0.25) is 0 Å². The number of halogens is 1. The first-order valence-corrected chi connectivity index (χ1v) is 4.57. The lowest BCUT2D eigenvalue weighted by atomic mass is 10.3. The zero-order valence-corrected chi connectivity index (χ0v) is 8.62. The normalized spacial score (nSPS) is 10.5. The number of para-hydroxylation sites is 1. The summed E-state index contributed by atoms with van der Waals surface area (Å²) in [4.78, 5) is 7.29. The summed E-state index contributed by atoms with van der Waals surface area (Å²) in [5.41, 5.74) is 1.98. The van der Waals surface area contributed by atoms with Crippen LogP contribution < -0.4 is 4.74 Å². The van der Waals surface area contributed by atoms with Gasteiger partial charge in [-0.2, -0.15) is 4.98 Å². The molecule has 0 bridgehead atoms. The monoisotopic (exact) mass is 274 g/mol. The lowest BCUT2D eigenvalue weighted by Crippen LogP contribution is -1.82. The van der Waals surface area contributed by atoms with Crippen LogP contribution in [0, 0.1) is 3.57 Å². The molecule has 3 nitrogen and oxygen atoms in total. The fraction of sp³-hybridized carbons (Fsp3) is 0.125. The lowest BCUT2D eigenvalue weighted by molar-refractivity contribution is 0.386. The fourth-order valence-electron chi connectivity index (χ4n) is 1.07. The van der Waals surface area contributed by atoms with E-state index in [-0.39, 0.29) is 0 Å². The summed E-state index contributed by atoms with van der Waals surface area (Å²) in [7, 11) is 1.60. The zero-order chi connectivity index (χ0) is 8.55. The summed E-state index contributed by atoms with van der Waals surface area (Å²) in [5.74, 6) is 0. The van der Waals surface area contributed by atoms with Gasteiger partial charge in [-0.15, -0.1) is 0 Å². The molecule has 1 heterocycles. The van der Waals surface area contributed by atoms with Crippen molar-refractivity contribution in [2.45, 2.75) is 0 Å². The second-order valence-corrected chi connectivity index (χ2v) is 3.54. The molecule has 1 aromatic carbocycles. The van der Waals surface area contributed by atoms with E-state index in [1.165, 1.54) is 0 Å². The van der Waals surface area contributed by atoms with Gasteiger partial charge in [-0.25, -0.2) is 0 Å². The number of ether oxygens (including phenoxy) is 1. The van der Waals surface area contributed by atoms with E-state index in [0.29, 0.717) is 6.01 Å². The molecule has 62 valence electrons. The van der Waals surface area contributed by atoms with E-state index in [0.717, 1.165) is 14.6 Å². The number of methoxy groups -OCH3 is 1. The van der Waals surface area contributed by atoms with Crippen molar-refractivity contribution in [1.29, 1.82) is 0 Å².